The van der Waals surface area contributed by atoms with Crippen molar-refractivity contribution < 1.29 is 18.0 Å². The van der Waals surface area contributed by atoms with Crippen molar-refractivity contribution >= 4 is 20.7 Å². The molecule has 0 saturated carbocycles. The number of rotatable bonds is 13. The maximum Gasteiger partial charge on any atom is 0.451 e. The topological polar surface area (TPSA) is 87.6 Å². The van der Waals surface area contributed by atoms with Crippen molar-refractivity contribution in [2.45, 2.75) is 96.8 Å². The molecule has 5 nitrogen and oxygen atoms in total. The number of carbonyl (C=O) groups excluding carboxylic acids is 1. The molecule has 1 aromatic carbocycles. The Labute approximate surface area is 182 Å². The Morgan fingerprint density at radius 2 is 1.47 bits per heavy atom. The Morgan fingerprint density at radius 3 is 2.00 bits per heavy atom. The largest absolute Gasteiger partial charge is 0.451 e. The lowest BCUT2D eigenvalue weighted by Crippen LogP contribution is -2.27. The van der Waals surface area contributed by atoms with Crippen LogP contribution in [0.2, 0.25) is 0 Å². The van der Waals surface area contributed by atoms with Crippen LogP contribution in [0.1, 0.15) is 87.8 Å². The molecule has 166 valence electrons. The molecule has 0 saturated heterocycles. The summed E-state index contributed by atoms with van der Waals surface area (Å²) in [5.74, 6) is -0.683. The summed E-state index contributed by atoms with van der Waals surface area (Å²) in [6.07, 6.45) is 9.63. The Balaban J connectivity index is 2.66. The minimum atomic E-state index is -4.19. The second-order valence-corrected chi connectivity index (χ2v) is 9.98. The molecule has 1 rings (SSSR count). The molecular weight excluding hydrogens is 396 g/mol. The number of aryl methyl sites for hydroxylation is 3. The Morgan fingerprint density at radius 1 is 0.933 bits per heavy atom. The highest BCUT2D eigenvalue weighted by atomic mass is 32.2. The number of unbranched alkanes of at least 4 members (excludes halogenated alkanes) is 6. The molecule has 0 aliphatic heterocycles. The average molecular weight is 433 g/mol. The van der Waals surface area contributed by atoms with Crippen LogP contribution in [0.5, 0.6) is 0 Å². The molecule has 0 radical (unpaired) electrons. The highest BCUT2D eigenvalue weighted by Crippen LogP contribution is 2.24. The summed E-state index contributed by atoms with van der Waals surface area (Å²) in [5.41, 5.74) is 12.2. The van der Waals surface area contributed by atoms with Crippen LogP contribution in [0.3, 0.4) is 0 Å². The van der Waals surface area contributed by atoms with E-state index in [0.717, 1.165) is 30.4 Å². The van der Waals surface area contributed by atoms with Gasteiger partial charge in [-0.15, -0.1) is 4.79 Å². The van der Waals surface area contributed by atoms with E-state index in [1.54, 1.807) is 26.0 Å². The zero-order chi connectivity index (χ0) is 22.7. The fraction of sp³-hybridized carbons (Fsp3) is 0.583. The van der Waals surface area contributed by atoms with Crippen LogP contribution in [-0.4, -0.2) is 24.0 Å². The lowest BCUT2D eigenvalue weighted by Gasteiger charge is -2.09. The van der Waals surface area contributed by atoms with Gasteiger partial charge in [0.1, 0.15) is 0 Å². The number of carbonyl (C=O) groups is 1. The van der Waals surface area contributed by atoms with Gasteiger partial charge in [0.25, 0.3) is 15.6 Å². The first-order chi connectivity index (χ1) is 14.1. The van der Waals surface area contributed by atoms with Gasteiger partial charge in [0, 0.05) is 6.42 Å². The first kappa shape index (κ1) is 26.0. The monoisotopic (exact) mass is 432 g/mol. The molecule has 0 heterocycles. The van der Waals surface area contributed by atoms with E-state index in [2.05, 4.69) is 18.3 Å². The number of hydrogen-bond donors (Lipinski definition) is 0. The molecule has 0 unspecified atom stereocenters. The number of allylic oxidation sites excluding steroid dienone is 1. The van der Waals surface area contributed by atoms with Crippen molar-refractivity contribution in [3.63, 3.8) is 0 Å². The number of benzene rings is 1. The SMILES string of the molecule is C=C(CCCCCCCCC)CCC(=O)C(=[N+]=[N-])S(=O)(=O)c1c(C)cc(C)cc1C. The third-order valence-corrected chi connectivity index (χ3v) is 7.30. The van der Waals surface area contributed by atoms with Gasteiger partial charge in [-0.2, -0.15) is 0 Å². The molecule has 0 atom stereocenters. The third-order valence-electron chi connectivity index (χ3n) is 5.30. The van der Waals surface area contributed by atoms with Gasteiger partial charge in [-0.1, -0.05) is 75.3 Å². The maximum absolute atomic E-state index is 13.0. The summed E-state index contributed by atoms with van der Waals surface area (Å²) in [5, 5.41) is -0.790. The predicted octanol–water partition coefficient (Wildman–Crippen LogP) is 6.06. The minimum Gasteiger partial charge on any atom is -0.360 e. The normalized spacial score (nSPS) is 11.2. The second-order valence-electron chi connectivity index (χ2n) is 8.18. The van der Waals surface area contributed by atoms with Gasteiger partial charge in [-0.3, -0.25) is 4.79 Å². The number of hydrogen-bond acceptors (Lipinski definition) is 3. The summed E-state index contributed by atoms with van der Waals surface area (Å²) in [6, 6.07) is 3.48. The quantitative estimate of drug-likeness (QED) is 0.0947. The van der Waals surface area contributed by atoms with Gasteiger partial charge < -0.3 is 5.53 Å². The van der Waals surface area contributed by atoms with E-state index >= 15 is 0 Å². The number of Topliss-reactive ketones (excluding diaryl/α,β-unsaturated/α-hetero) is 1. The number of sulfone groups is 1. The molecule has 1 aromatic rings. The number of ketones is 1. The van der Waals surface area contributed by atoms with Crippen molar-refractivity contribution in [3.8, 4) is 0 Å². The standard InChI is InChI=1S/C24H36N2O3S/c1-6-7-8-9-10-11-12-13-18(2)14-15-22(27)24(26-25)30(28,29)23-20(4)16-19(3)17-21(23)5/h16-17H,2,6-15H2,1,3-5H3. The van der Waals surface area contributed by atoms with Gasteiger partial charge in [-0.25, -0.2) is 8.42 Å². The van der Waals surface area contributed by atoms with Crippen LogP contribution in [0.25, 0.3) is 5.53 Å². The van der Waals surface area contributed by atoms with Crippen molar-refractivity contribution in [3.05, 3.63) is 46.5 Å². The fourth-order valence-corrected chi connectivity index (χ4v) is 5.47. The van der Waals surface area contributed by atoms with E-state index < -0.39 is 20.7 Å². The van der Waals surface area contributed by atoms with E-state index in [4.69, 9.17) is 0 Å². The zero-order valence-electron chi connectivity index (χ0n) is 19.0. The molecule has 0 aromatic heterocycles. The van der Waals surface area contributed by atoms with Gasteiger partial charge in [0.05, 0.1) is 4.90 Å². The van der Waals surface area contributed by atoms with Crippen molar-refractivity contribution in [1.82, 2.24) is 0 Å². The molecule has 0 spiro atoms. The molecule has 0 N–H and O–H groups in total. The molecule has 30 heavy (non-hydrogen) atoms. The molecule has 6 heteroatoms. The molecular formula is C24H36N2O3S. The van der Waals surface area contributed by atoms with E-state index in [9.17, 15) is 18.7 Å². The van der Waals surface area contributed by atoms with E-state index in [0.29, 0.717) is 17.5 Å². The molecule has 0 aliphatic carbocycles. The Kier molecular flexibility index (Phi) is 10.9. The molecule has 0 fully saturated rings. The van der Waals surface area contributed by atoms with Crippen molar-refractivity contribution in [2.75, 3.05) is 0 Å². The van der Waals surface area contributed by atoms with Gasteiger partial charge >= 0.3 is 5.04 Å². The summed E-state index contributed by atoms with van der Waals surface area (Å²) < 4.78 is 26.0. The first-order valence-corrected chi connectivity index (χ1v) is 12.4. The van der Waals surface area contributed by atoms with Crippen LogP contribution in [0.15, 0.2) is 29.2 Å². The Bertz CT molecular complexity index is 887. The van der Waals surface area contributed by atoms with E-state index in [1.807, 2.05) is 6.92 Å². The lowest BCUT2D eigenvalue weighted by molar-refractivity contribution is -0.116. The second kappa shape index (κ2) is 12.6. The van der Waals surface area contributed by atoms with Crippen molar-refractivity contribution in [1.29, 1.82) is 0 Å². The van der Waals surface area contributed by atoms with Crippen LogP contribution < -0.4 is 0 Å². The van der Waals surface area contributed by atoms with Gasteiger partial charge in [-0.05, 0) is 51.2 Å². The summed E-state index contributed by atoms with van der Waals surface area (Å²) in [7, 11) is -4.19. The van der Waals surface area contributed by atoms with E-state index in [-0.39, 0.29) is 11.3 Å². The van der Waals surface area contributed by atoms with Crippen LogP contribution >= 0.6 is 0 Å². The first-order valence-electron chi connectivity index (χ1n) is 10.9. The minimum absolute atomic E-state index is 0.0298. The maximum atomic E-state index is 13.0. The molecule has 0 amide bonds. The van der Waals surface area contributed by atoms with Crippen LogP contribution in [-0.2, 0) is 14.6 Å². The Hall–Kier alpha value is -2.04. The predicted molar refractivity (Wildman–Crippen MR) is 122 cm³/mol. The van der Waals surface area contributed by atoms with Crippen molar-refractivity contribution in [2.24, 2.45) is 0 Å². The zero-order valence-corrected chi connectivity index (χ0v) is 19.8. The summed E-state index contributed by atoms with van der Waals surface area (Å²) in [4.78, 5) is 15.5. The third kappa shape index (κ3) is 7.66. The lowest BCUT2D eigenvalue weighted by atomic mass is 10.0. The molecule has 0 aliphatic rings. The highest BCUT2D eigenvalue weighted by Gasteiger charge is 2.38. The van der Waals surface area contributed by atoms with Crippen LogP contribution in [0, 0.1) is 20.8 Å². The summed E-state index contributed by atoms with van der Waals surface area (Å²) >= 11 is 0. The summed E-state index contributed by atoms with van der Waals surface area (Å²) in [6.45, 7) is 11.4. The van der Waals surface area contributed by atoms with Gasteiger partial charge in [0.15, 0.2) is 0 Å². The fourth-order valence-electron chi connectivity index (χ4n) is 3.80. The van der Waals surface area contributed by atoms with Crippen LogP contribution in [0.4, 0.5) is 0 Å². The number of nitrogens with zero attached hydrogens (tertiary/aromatic N) is 2. The molecule has 0 bridgehead atoms. The average Bonchev–Trinajstić information content (AvgIpc) is 2.64. The highest BCUT2D eigenvalue weighted by molar-refractivity contribution is 8.08. The van der Waals surface area contributed by atoms with Gasteiger partial charge in [0.2, 0.25) is 0 Å². The van der Waals surface area contributed by atoms with E-state index in [1.165, 1.54) is 32.1 Å². The smallest absolute Gasteiger partial charge is 0.360 e.